The smallest absolute Gasteiger partial charge is 0.225 e. The first-order valence-electron chi connectivity index (χ1n) is 7.80. The summed E-state index contributed by atoms with van der Waals surface area (Å²) in [5.74, 6) is 1.29. The molecule has 0 amide bonds. The lowest BCUT2D eigenvalue weighted by Gasteiger charge is -2.13. The van der Waals surface area contributed by atoms with Crippen molar-refractivity contribution in [2.75, 3.05) is 19.0 Å². The van der Waals surface area contributed by atoms with Gasteiger partial charge in [-0.2, -0.15) is 0 Å². The molecule has 0 fully saturated rings. The average Bonchev–Trinajstić information content (AvgIpc) is 2.95. The number of anilines is 1. The molecule has 0 spiro atoms. The molecular weight excluding hydrogens is 304 g/mol. The first-order chi connectivity index (χ1) is 11.5. The molecule has 3 rings (SSSR count). The van der Waals surface area contributed by atoms with Gasteiger partial charge in [0.25, 0.3) is 0 Å². The molecule has 0 unspecified atom stereocenters. The molecule has 0 aliphatic carbocycles. The van der Waals surface area contributed by atoms with E-state index in [1.54, 1.807) is 18.6 Å². The maximum atomic E-state index is 5.57. The third-order valence-corrected chi connectivity index (χ3v) is 3.78. The third-order valence-electron chi connectivity index (χ3n) is 3.78. The van der Waals surface area contributed by atoms with Gasteiger partial charge >= 0.3 is 0 Å². The highest BCUT2D eigenvalue weighted by molar-refractivity contribution is 5.78. The van der Waals surface area contributed by atoms with Gasteiger partial charge in [0, 0.05) is 32.1 Å². The molecule has 0 N–H and O–H groups in total. The number of hydrogen-bond donors (Lipinski definition) is 0. The maximum Gasteiger partial charge on any atom is 0.225 e. The lowest BCUT2D eigenvalue weighted by Crippen LogP contribution is -2.13. The van der Waals surface area contributed by atoms with Gasteiger partial charge in [0.2, 0.25) is 5.95 Å². The first-order valence-corrected chi connectivity index (χ1v) is 7.80. The van der Waals surface area contributed by atoms with E-state index in [-0.39, 0.29) is 0 Å². The molecule has 0 aliphatic rings. The largest absolute Gasteiger partial charge is 0.356 e. The molecule has 0 aromatic carbocycles. The van der Waals surface area contributed by atoms with Crippen molar-refractivity contribution in [3.05, 3.63) is 35.5 Å². The molecule has 3 heterocycles. The monoisotopic (exact) mass is 324 g/mol. The Morgan fingerprint density at radius 2 is 1.83 bits per heavy atom. The minimum absolute atomic E-state index is 0.602. The Morgan fingerprint density at radius 3 is 2.46 bits per heavy atom. The molecule has 0 saturated heterocycles. The molecule has 124 valence electrons. The van der Waals surface area contributed by atoms with Gasteiger partial charge in [0.15, 0.2) is 5.76 Å². The van der Waals surface area contributed by atoms with Crippen LogP contribution in [0.15, 0.2) is 23.1 Å². The normalized spacial score (nSPS) is 10.9. The molecule has 0 radical (unpaired) electrons. The zero-order valence-electron chi connectivity index (χ0n) is 14.5. The van der Waals surface area contributed by atoms with Crippen molar-refractivity contribution in [1.29, 1.82) is 0 Å². The van der Waals surface area contributed by atoms with Gasteiger partial charge in [-0.1, -0.05) is 12.1 Å². The zero-order chi connectivity index (χ0) is 17.3. The summed E-state index contributed by atoms with van der Waals surface area (Å²) < 4.78 is 5.57. The molecule has 7 heteroatoms. The van der Waals surface area contributed by atoms with Crippen LogP contribution >= 0.6 is 0 Å². The topological polar surface area (TPSA) is 80.8 Å². The zero-order valence-corrected chi connectivity index (χ0v) is 14.5. The minimum atomic E-state index is 0.602. The van der Waals surface area contributed by atoms with E-state index < -0.39 is 0 Å². The second-order valence-electron chi connectivity index (χ2n) is 5.80. The van der Waals surface area contributed by atoms with E-state index >= 15 is 0 Å². The molecule has 3 aromatic rings. The summed E-state index contributed by atoms with van der Waals surface area (Å²) in [5.41, 5.74) is 4.93. The van der Waals surface area contributed by atoms with Crippen LogP contribution in [-0.4, -0.2) is 39.2 Å². The molecular formula is C17H20N6O. The van der Waals surface area contributed by atoms with Crippen molar-refractivity contribution in [3.63, 3.8) is 0 Å². The summed E-state index contributed by atoms with van der Waals surface area (Å²) in [6, 6.07) is 0. The lowest BCUT2D eigenvalue weighted by molar-refractivity contribution is 0.426. The standard InChI is InChI=1S/C17H20N6O/c1-6-12-11(3)22-24-16(12)13-8-20-17(23(4)5)21-15(13)14-9-18-10(2)7-19-14/h7-9H,6H2,1-5H3. The maximum absolute atomic E-state index is 5.57. The van der Waals surface area contributed by atoms with Crippen LogP contribution in [0.5, 0.6) is 0 Å². The fraction of sp³-hybridized carbons (Fsp3) is 0.353. The van der Waals surface area contributed by atoms with Gasteiger partial charge in [-0.3, -0.25) is 9.97 Å². The van der Waals surface area contributed by atoms with E-state index in [1.807, 2.05) is 32.8 Å². The van der Waals surface area contributed by atoms with Gasteiger partial charge in [-0.25, -0.2) is 9.97 Å². The lowest BCUT2D eigenvalue weighted by atomic mass is 10.0. The molecule has 0 aliphatic heterocycles. The highest BCUT2D eigenvalue weighted by Gasteiger charge is 2.21. The number of hydrogen-bond acceptors (Lipinski definition) is 7. The van der Waals surface area contributed by atoms with Crippen LogP contribution in [0.2, 0.25) is 0 Å². The van der Waals surface area contributed by atoms with Crippen molar-refractivity contribution < 1.29 is 4.52 Å². The average molecular weight is 324 g/mol. The number of aryl methyl sites for hydroxylation is 2. The Labute approximate surface area is 140 Å². The van der Waals surface area contributed by atoms with E-state index in [0.29, 0.717) is 23.1 Å². The van der Waals surface area contributed by atoms with Crippen LogP contribution < -0.4 is 4.90 Å². The number of nitrogens with zero attached hydrogens (tertiary/aromatic N) is 6. The fourth-order valence-electron chi connectivity index (χ4n) is 2.48. The second-order valence-corrected chi connectivity index (χ2v) is 5.80. The van der Waals surface area contributed by atoms with Crippen LogP contribution in [0.4, 0.5) is 5.95 Å². The molecule has 0 bridgehead atoms. The SMILES string of the molecule is CCc1c(C)noc1-c1cnc(N(C)C)nc1-c1cnc(C)cn1. The van der Waals surface area contributed by atoms with E-state index in [4.69, 9.17) is 4.52 Å². The molecule has 0 atom stereocenters. The predicted octanol–water partition coefficient (Wildman–Crippen LogP) is 2.83. The van der Waals surface area contributed by atoms with Crippen LogP contribution in [0.1, 0.15) is 23.9 Å². The minimum Gasteiger partial charge on any atom is -0.356 e. The summed E-state index contributed by atoms with van der Waals surface area (Å²) in [5, 5.41) is 4.09. The van der Waals surface area contributed by atoms with Gasteiger partial charge in [-0.05, 0) is 20.3 Å². The van der Waals surface area contributed by atoms with E-state index in [2.05, 4.69) is 32.0 Å². The molecule has 0 saturated carbocycles. The summed E-state index contributed by atoms with van der Waals surface area (Å²) in [6.07, 6.45) is 6.02. The van der Waals surface area contributed by atoms with Gasteiger partial charge < -0.3 is 9.42 Å². The predicted molar refractivity (Wildman–Crippen MR) is 91.7 cm³/mol. The number of rotatable bonds is 4. The van der Waals surface area contributed by atoms with Gasteiger partial charge in [0.05, 0.1) is 23.1 Å². The summed E-state index contributed by atoms with van der Waals surface area (Å²) in [4.78, 5) is 19.7. The summed E-state index contributed by atoms with van der Waals surface area (Å²) >= 11 is 0. The third kappa shape index (κ3) is 2.84. The molecule has 7 nitrogen and oxygen atoms in total. The Balaban J connectivity index is 2.23. The quantitative estimate of drug-likeness (QED) is 0.730. The van der Waals surface area contributed by atoms with Crippen LogP contribution in [0.3, 0.4) is 0 Å². The van der Waals surface area contributed by atoms with Crippen molar-refractivity contribution in [3.8, 4) is 22.7 Å². The van der Waals surface area contributed by atoms with E-state index in [0.717, 1.165) is 28.9 Å². The van der Waals surface area contributed by atoms with Crippen molar-refractivity contribution in [2.45, 2.75) is 27.2 Å². The highest BCUT2D eigenvalue weighted by Crippen LogP contribution is 2.33. The Hall–Kier alpha value is -2.83. The molecule has 24 heavy (non-hydrogen) atoms. The Morgan fingerprint density at radius 1 is 1.04 bits per heavy atom. The van der Waals surface area contributed by atoms with Crippen LogP contribution in [0, 0.1) is 13.8 Å². The van der Waals surface area contributed by atoms with Crippen molar-refractivity contribution >= 4 is 5.95 Å². The highest BCUT2D eigenvalue weighted by atomic mass is 16.5. The van der Waals surface area contributed by atoms with Gasteiger partial charge in [-0.15, -0.1) is 0 Å². The van der Waals surface area contributed by atoms with Crippen molar-refractivity contribution in [1.82, 2.24) is 25.1 Å². The van der Waals surface area contributed by atoms with Gasteiger partial charge in [0.1, 0.15) is 11.4 Å². The molecule has 3 aromatic heterocycles. The van der Waals surface area contributed by atoms with Crippen LogP contribution in [-0.2, 0) is 6.42 Å². The Bertz CT molecular complexity index is 854. The van der Waals surface area contributed by atoms with Crippen LogP contribution in [0.25, 0.3) is 22.7 Å². The van der Waals surface area contributed by atoms with Crippen molar-refractivity contribution in [2.24, 2.45) is 0 Å². The second kappa shape index (κ2) is 6.35. The van der Waals surface area contributed by atoms with E-state index in [9.17, 15) is 0 Å². The summed E-state index contributed by atoms with van der Waals surface area (Å²) in [7, 11) is 3.80. The number of aromatic nitrogens is 5. The summed E-state index contributed by atoms with van der Waals surface area (Å²) in [6.45, 7) is 5.91. The Kier molecular flexibility index (Phi) is 4.24. The van der Waals surface area contributed by atoms with E-state index in [1.165, 1.54) is 0 Å². The first kappa shape index (κ1) is 16.0. The fourth-order valence-corrected chi connectivity index (χ4v) is 2.48.